The highest BCUT2D eigenvalue weighted by molar-refractivity contribution is 7.91. The van der Waals surface area contributed by atoms with E-state index in [0.29, 0.717) is 18.9 Å². The molecule has 0 bridgehead atoms. The third-order valence-corrected chi connectivity index (χ3v) is 5.74. The van der Waals surface area contributed by atoms with Crippen LogP contribution in [-0.2, 0) is 16.3 Å². The highest BCUT2D eigenvalue weighted by atomic mass is 32.2. The molecule has 7 heteroatoms. The molecule has 1 aromatic carbocycles. The molecule has 0 saturated carbocycles. The van der Waals surface area contributed by atoms with Gasteiger partial charge in [0, 0.05) is 19.6 Å². The highest BCUT2D eigenvalue weighted by Gasteiger charge is 2.28. The summed E-state index contributed by atoms with van der Waals surface area (Å²) >= 11 is 0. The first-order valence-corrected chi connectivity index (χ1v) is 9.57. The maximum atomic E-state index is 11.5. The van der Waals surface area contributed by atoms with Crippen LogP contribution in [0.4, 0.5) is 0 Å². The summed E-state index contributed by atoms with van der Waals surface area (Å²) < 4.78 is 28.3. The number of aliphatic imine (C=N–C) groups is 1. The largest absolute Gasteiger partial charge is 0.496 e. The Labute approximate surface area is 138 Å². The fourth-order valence-electron chi connectivity index (χ4n) is 2.64. The molecular weight excluding hydrogens is 314 g/mol. The normalized spacial score (nSPS) is 20.3. The van der Waals surface area contributed by atoms with Crippen molar-refractivity contribution in [2.45, 2.75) is 25.8 Å². The van der Waals surface area contributed by atoms with E-state index in [-0.39, 0.29) is 17.5 Å². The van der Waals surface area contributed by atoms with Crippen molar-refractivity contribution in [1.29, 1.82) is 0 Å². The van der Waals surface area contributed by atoms with Crippen molar-refractivity contribution in [2.75, 3.05) is 32.2 Å². The van der Waals surface area contributed by atoms with Crippen molar-refractivity contribution in [1.82, 2.24) is 10.6 Å². The van der Waals surface area contributed by atoms with Crippen molar-refractivity contribution in [2.24, 2.45) is 4.99 Å². The first kappa shape index (κ1) is 17.6. The van der Waals surface area contributed by atoms with Gasteiger partial charge in [-0.3, -0.25) is 4.99 Å². The van der Waals surface area contributed by atoms with Crippen LogP contribution in [0.1, 0.15) is 17.5 Å². The van der Waals surface area contributed by atoms with Crippen LogP contribution >= 0.6 is 0 Å². The van der Waals surface area contributed by atoms with E-state index in [1.165, 1.54) is 5.56 Å². The van der Waals surface area contributed by atoms with Crippen molar-refractivity contribution in [3.8, 4) is 5.75 Å². The number of nitrogens with zero attached hydrogens (tertiary/aromatic N) is 1. The molecule has 1 atom stereocenters. The number of nitrogens with one attached hydrogen (secondary N) is 2. The van der Waals surface area contributed by atoms with E-state index >= 15 is 0 Å². The van der Waals surface area contributed by atoms with Gasteiger partial charge >= 0.3 is 0 Å². The molecule has 1 aromatic rings. The third kappa shape index (κ3) is 5.13. The zero-order valence-corrected chi connectivity index (χ0v) is 14.7. The zero-order valence-electron chi connectivity index (χ0n) is 13.9. The number of ether oxygens (including phenoxy) is 1. The number of hydrogen-bond acceptors (Lipinski definition) is 4. The molecule has 1 aliphatic rings. The molecule has 0 amide bonds. The Hall–Kier alpha value is -1.76. The lowest BCUT2D eigenvalue weighted by Crippen LogP contribution is -2.44. The molecule has 1 heterocycles. The highest BCUT2D eigenvalue weighted by Crippen LogP contribution is 2.19. The van der Waals surface area contributed by atoms with Crippen LogP contribution < -0.4 is 15.4 Å². The summed E-state index contributed by atoms with van der Waals surface area (Å²) in [5, 5.41) is 6.40. The number of methoxy groups -OCH3 is 1. The van der Waals surface area contributed by atoms with Gasteiger partial charge in [0.2, 0.25) is 0 Å². The van der Waals surface area contributed by atoms with Crippen LogP contribution in [0.25, 0.3) is 0 Å². The number of rotatable bonds is 5. The molecule has 6 nitrogen and oxygen atoms in total. The second-order valence-electron chi connectivity index (χ2n) is 5.80. The van der Waals surface area contributed by atoms with Gasteiger partial charge in [0.15, 0.2) is 15.8 Å². The van der Waals surface area contributed by atoms with Crippen molar-refractivity contribution in [3.05, 3.63) is 29.3 Å². The average Bonchev–Trinajstić information content (AvgIpc) is 2.86. The lowest BCUT2D eigenvalue weighted by molar-refractivity contribution is 0.411. The fraction of sp³-hybridized carbons (Fsp3) is 0.562. The lowest BCUT2D eigenvalue weighted by Gasteiger charge is -2.16. The summed E-state index contributed by atoms with van der Waals surface area (Å²) in [6.07, 6.45) is 1.47. The van der Waals surface area contributed by atoms with Gasteiger partial charge in [0.1, 0.15) is 5.75 Å². The quantitative estimate of drug-likeness (QED) is 0.615. The van der Waals surface area contributed by atoms with Crippen LogP contribution in [-0.4, -0.2) is 52.6 Å². The average molecular weight is 339 g/mol. The van der Waals surface area contributed by atoms with Gasteiger partial charge in [-0.15, -0.1) is 0 Å². The number of guanidine groups is 1. The minimum absolute atomic E-state index is 0.0503. The first-order valence-electron chi connectivity index (χ1n) is 7.74. The van der Waals surface area contributed by atoms with Gasteiger partial charge in [0.25, 0.3) is 0 Å². The molecule has 0 aliphatic carbocycles. The van der Waals surface area contributed by atoms with Crippen LogP contribution in [0.3, 0.4) is 0 Å². The molecule has 1 fully saturated rings. The summed E-state index contributed by atoms with van der Waals surface area (Å²) in [5.74, 6) is 1.97. The molecule has 1 aliphatic heterocycles. The zero-order chi connectivity index (χ0) is 16.9. The maximum absolute atomic E-state index is 11.5. The van der Waals surface area contributed by atoms with Crippen molar-refractivity contribution < 1.29 is 13.2 Å². The van der Waals surface area contributed by atoms with Gasteiger partial charge < -0.3 is 15.4 Å². The molecule has 2 N–H and O–H groups in total. The van der Waals surface area contributed by atoms with E-state index in [9.17, 15) is 8.42 Å². The predicted molar refractivity (Wildman–Crippen MR) is 93.0 cm³/mol. The monoisotopic (exact) mass is 339 g/mol. The van der Waals surface area contributed by atoms with E-state index in [1.807, 2.05) is 19.1 Å². The molecule has 2 rings (SSSR count). The molecule has 0 aromatic heterocycles. The Balaban J connectivity index is 1.82. The number of aryl methyl sites for hydroxylation is 1. The minimum Gasteiger partial charge on any atom is -0.496 e. The topological polar surface area (TPSA) is 79.8 Å². The second kappa shape index (κ2) is 7.68. The SMILES string of the molecule is CN=C(NCCc1ccc(C)c(OC)c1)NC1CCS(=O)(=O)C1. The number of hydrogen-bond donors (Lipinski definition) is 2. The molecule has 23 heavy (non-hydrogen) atoms. The Bertz CT molecular complexity index is 671. The van der Waals surface area contributed by atoms with E-state index in [1.54, 1.807) is 14.2 Å². The number of sulfone groups is 1. The van der Waals surface area contributed by atoms with Gasteiger partial charge in [-0.2, -0.15) is 0 Å². The van der Waals surface area contributed by atoms with Crippen molar-refractivity contribution in [3.63, 3.8) is 0 Å². The standard InChI is InChI=1S/C16H25N3O3S/c1-12-4-5-13(10-15(12)22-3)6-8-18-16(17-2)19-14-7-9-23(20,21)11-14/h4-5,10,14H,6-9,11H2,1-3H3,(H2,17,18,19). The Kier molecular flexibility index (Phi) is 5.87. The Morgan fingerprint density at radius 2 is 2.22 bits per heavy atom. The van der Waals surface area contributed by atoms with E-state index in [0.717, 1.165) is 17.7 Å². The van der Waals surface area contributed by atoms with E-state index in [4.69, 9.17) is 4.74 Å². The van der Waals surface area contributed by atoms with Gasteiger partial charge in [0.05, 0.1) is 18.6 Å². The van der Waals surface area contributed by atoms with Crippen LogP contribution in [0, 0.1) is 6.92 Å². The molecule has 1 unspecified atom stereocenters. The lowest BCUT2D eigenvalue weighted by atomic mass is 10.1. The van der Waals surface area contributed by atoms with E-state index < -0.39 is 9.84 Å². The van der Waals surface area contributed by atoms with Crippen molar-refractivity contribution >= 4 is 15.8 Å². The summed E-state index contributed by atoms with van der Waals surface area (Å²) in [6, 6.07) is 6.12. The number of benzene rings is 1. The summed E-state index contributed by atoms with van der Waals surface area (Å²) in [4.78, 5) is 4.15. The smallest absolute Gasteiger partial charge is 0.191 e. The third-order valence-electron chi connectivity index (χ3n) is 3.98. The molecule has 0 spiro atoms. The van der Waals surface area contributed by atoms with Crippen LogP contribution in [0.5, 0.6) is 5.75 Å². The fourth-order valence-corrected chi connectivity index (χ4v) is 4.32. The Morgan fingerprint density at radius 3 is 2.83 bits per heavy atom. The molecule has 0 radical (unpaired) electrons. The first-order chi connectivity index (χ1) is 10.9. The van der Waals surface area contributed by atoms with Gasteiger partial charge in [-0.25, -0.2) is 8.42 Å². The minimum atomic E-state index is -2.88. The van der Waals surface area contributed by atoms with Gasteiger partial charge in [-0.1, -0.05) is 12.1 Å². The summed E-state index contributed by atoms with van der Waals surface area (Å²) in [5.41, 5.74) is 2.29. The Morgan fingerprint density at radius 1 is 1.43 bits per heavy atom. The summed E-state index contributed by atoms with van der Waals surface area (Å²) in [7, 11) is 0.477. The predicted octanol–water partition coefficient (Wildman–Crippen LogP) is 0.898. The van der Waals surface area contributed by atoms with Gasteiger partial charge in [-0.05, 0) is 37.0 Å². The second-order valence-corrected chi connectivity index (χ2v) is 8.03. The van der Waals surface area contributed by atoms with Crippen LogP contribution in [0.2, 0.25) is 0 Å². The summed E-state index contributed by atoms with van der Waals surface area (Å²) in [6.45, 7) is 2.73. The molecular formula is C16H25N3O3S. The van der Waals surface area contributed by atoms with E-state index in [2.05, 4.69) is 21.7 Å². The molecule has 128 valence electrons. The molecule has 1 saturated heterocycles. The van der Waals surface area contributed by atoms with Crippen LogP contribution in [0.15, 0.2) is 23.2 Å². The maximum Gasteiger partial charge on any atom is 0.191 e.